The zero-order chi connectivity index (χ0) is 11.8. The van der Waals surface area contributed by atoms with Gasteiger partial charge >= 0.3 is 12.4 Å². The first-order valence-electron chi connectivity index (χ1n) is 3.74. The Labute approximate surface area is 76.7 Å². The predicted octanol–water partition coefficient (Wildman–Crippen LogP) is 2.89. The molecule has 0 spiro atoms. The fraction of sp³-hybridized carbons (Fsp3) is 1.00. The third kappa shape index (κ3) is 3.36. The number of hydrogen-bond acceptors (Lipinski definition) is 1. The molecule has 0 saturated carbocycles. The summed E-state index contributed by atoms with van der Waals surface area (Å²) in [6, 6.07) is 0. The molecule has 0 aliphatic carbocycles. The second kappa shape index (κ2) is 3.60. The predicted molar refractivity (Wildman–Crippen MR) is 36.5 cm³/mol. The molecule has 14 heavy (non-hydrogen) atoms. The van der Waals surface area contributed by atoms with Crippen LogP contribution in [0, 0.1) is 5.92 Å². The molecule has 0 heterocycles. The zero-order valence-electron chi connectivity index (χ0n) is 7.50. The van der Waals surface area contributed by atoms with Gasteiger partial charge in [0, 0.05) is 0 Å². The smallest absolute Gasteiger partial charge is 0.381 e. The minimum absolute atomic E-state index is 0.329. The fourth-order valence-corrected chi connectivity index (χ4v) is 0.828. The number of hydrogen-bond donors (Lipinski definition) is 1. The van der Waals surface area contributed by atoms with Crippen molar-refractivity contribution in [3.63, 3.8) is 0 Å². The van der Waals surface area contributed by atoms with Crippen LogP contribution in [0.3, 0.4) is 0 Å². The lowest BCUT2D eigenvalue weighted by molar-refractivity contribution is -0.271. The highest BCUT2D eigenvalue weighted by Gasteiger charge is 2.53. The fourth-order valence-electron chi connectivity index (χ4n) is 0.828. The van der Waals surface area contributed by atoms with Crippen LogP contribution in [0.2, 0.25) is 0 Å². The Morgan fingerprint density at radius 2 is 1.43 bits per heavy atom. The highest BCUT2D eigenvalue weighted by molar-refractivity contribution is 4.84. The van der Waals surface area contributed by atoms with E-state index >= 15 is 0 Å². The first-order chi connectivity index (χ1) is 5.88. The summed E-state index contributed by atoms with van der Waals surface area (Å²) in [6.07, 6.45) is -11.2. The van der Waals surface area contributed by atoms with E-state index in [1.807, 2.05) is 0 Å². The van der Waals surface area contributed by atoms with E-state index in [2.05, 4.69) is 0 Å². The molecule has 0 amide bonds. The van der Waals surface area contributed by atoms with Gasteiger partial charge in [0.1, 0.15) is 0 Å². The summed E-state index contributed by atoms with van der Waals surface area (Å²) in [6.45, 7) is 0.926. The lowest BCUT2D eigenvalue weighted by atomic mass is 9.92. The van der Waals surface area contributed by atoms with E-state index < -0.39 is 30.3 Å². The Hall–Kier alpha value is -0.460. The van der Waals surface area contributed by atoms with Crippen molar-refractivity contribution in [3.8, 4) is 0 Å². The molecule has 0 bridgehead atoms. The van der Waals surface area contributed by atoms with E-state index in [1.165, 1.54) is 0 Å². The molecule has 0 aliphatic heterocycles. The number of halogens is 6. The minimum atomic E-state index is -5.05. The van der Waals surface area contributed by atoms with Crippen LogP contribution in [0.15, 0.2) is 0 Å². The van der Waals surface area contributed by atoms with Gasteiger partial charge in [-0.25, -0.2) is 0 Å². The number of rotatable bonds is 2. The summed E-state index contributed by atoms with van der Waals surface area (Å²) < 4.78 is 71.6. The van der Waals surface area contributed by atoms with Gasteiger partial charge in [0.15, 0.2) is 5.60 Å². The maximum Gasteiger partial charge on any atom is 0.416 e. The molecular formula is C7H10F6O. The molecule has 2 atom stereocenters. The van der Waals surface area contributed by atoms with Crippen molar-refractivity contribution >= 4 is 0 Å². The van der Waals surface area contributed by atoms with Gasteiger partial charge in [-0.2, -0.15) is 26.3 Å². The van der Waals surface area contributed by atoms with Crippen molar-refractivity contribution in [2.45, 2.75) is 38.2 Å². The van der Waals surface area contributed by atoms with Gasteiger partial charge < -0.3 is 5.11 Å². The number of alkyl halides is 6. The maximum atomic E-state index is 12.0. The summed E-state index contributed by atoms with van der Waals surface area (Å²) in [5.41, 5.74) is -3.30. The Bertz CT molecular complexity index is 191. The molecule has 0 rings (SSSR count). The largest absolute Gasteiger partial charge is 0.416 e. The van der Waals surface area contributed by atoms with Crippen molar-refractivity contribution in [3.05, 3.63) is 0 Å². The second-order valence-corrected chi connectivity index (χ2v) is 3.42. The highest BCUT2D eigenvalue weighted by Crippen LogP contribution is 2.39. The van der Waals surface area contributed by atoms with Crippen LogP contribution in [0.25, 0.3) is 0 Å². The van der Waals surface area contributed by atoms with Crippen LogP contribution in [0.4, 0.5) is 26.3 Å². The monoisotopic (exact) mass is 224 g/mol. The van der Waals surface area contributed by atoms with Gasteiger partial charge in [0.05, 0.1) is 5.92 Å². The van der Waals surface area contributed by atoms with E-state index in [4.69, 9.17) is 5.11 Å². The zero-order valence-corrected chi connectivity index (χ0v) is 7.50. The van der Waals surface area contributed by atoms with E-state index in [-0.39, 0.29) is 0 Å². The first-order valence-corrected chi connectivity index (χ1v) is 3.74. The van der Waals surface area contributed by atoms with Gasteiger partial charge in [0.2, 0.25) is 0 Å². The van der Waals surface area contributed by atoms with Crippen LogP contribution in [-0.2, 0) is 0 Å². The van der Waals surface area contributed by atoms with E-state index in [9.17, 15) is 26.3 Å². The van der Waals surface area contributed by atoms with Gasteiger partial charge in [-0.15, -0.1) is 0 Å². The van der Waals surface area contributed by atoms with Crippen molar-refractivity contribution in [1.82, 2.24) is 0 Å². The minimum Gasteiger partial charge on any atom is -0.381 e. The Kier molecular flexibility index (Phi) is 3.48. The molecule has 0 aliphatic rings. The first kappa shape index (κ1) is 13.5. The lowest BCUT2D eigenvalue weighted by Gasteiger charge is -2.29. The highest BCUT2D eigenvalue weighted by atomic mass is 19.4. The average Bonchev–Trinajstić information content (AvgIpc) is 1.80. The molecule has 0 fully saturated rings. The third-order valence-corrected chi connectivity index (χ3v) is 1.87. The summed E-state index contributed by atoms with van der Waals surface area (Å²) in [5, 5.41) is 8.76. The second-order valence-electron chi connectivity index (χ2n) is 3.42. The molecular weight excluding hydrogens is 214 g/mol. The summed E-state index contributed by atoms with van der Waals surface area (Å²) in [4.78, 5) is 0. The van der Waals surface area contributed by atoms with Gasteiger partial charge in [-0.3, -0.25) is 0 Å². The van der Waals surface area contributed by atoms with Crippen LogP contribution >= 0.6 is 0 Å². The molecule has 0 aromatic heterocycles. The Morgan fingerprint density at radius 3 is 1.64 bits per heavy atom. The van der Waals surface area contributed by atoms with Crippen molar-refractivity contribution < 1.29 is 31.4 Å². The van der Waals surface area contributed by atoms with Gasteiger partial charge in [0.25, 0.3) is 0 Å². The van der Waals surface area contributed by atoms with Crippen molar-refractivity contribution in [2.75, 3.05) is 0 Å². The third-order valence-electron chi connectivity index (χ3n) is 1.87. The van der Waals surface area contributed by atoms with Gasteiger partial charge in [-0.1, -0.05) is 6.92 Å². The summed E-state index contributed by atoms with van der Waals surface area (Å²) in [5.74, 6) is -2.20. The molecule has 1 N–H and O–H groups in total. The normalized spacial score (nSPS) is 20.4. The SMILES string of the molecule is CC(CC(C)(O)C(F)(F)F)C(F)(F)F. The quantitative estimate of drug-likeness (QED) is 0.715. The average molecular weight is 224 g/mol. The Morgan fingerprint density at radius 1 is 1.07 bits per heavy atom. The van der Waals surface area contributed by atoms with Crippen LogP contribution in [0.5, 0.6) is 0 Å². The topological polar surface area (TPSA) is 20.2 Å². The van der Waals surface area contributed by atoms with E-state index in [0.29, 0.717) is 13.8 Å². The maximum absolute atomic E-state index is 12.0. The molecule has 7 heteroatoms. The van der Waals surface area contributed by atoms with Crippen LogP contribution in [-0.4, -0.2) is 23.1 Å². The number of aliphatic hydroxyl groups is 1. The summed E-state index contributed by atoms with van der Waals surface area (Å²) in [7, 11) is 0. The molecule has 0 aromatic carbocycles. The molecule has 1 nitrogen and oxygen atoms in total. The molecule has 2 unspecified atom stereocenters. The lowest BCUT2D eigenvalue weighted by Crippen LogP contribution is -2.45. The Balaban J connectivity index is 4.53. The van der Waals surface area contributed by atoms with E-state index in [0.717, 1.165) is 0 Å². The van der Waals surface area contributed by atoms with Crippen molar-refractivity contribution in [2.24, 2.45) is 5.92 Å². The standard InChI is InChI=1S/C7H10F6O/c1-4(6(8,9)10)3-5(2,14)7(11,12)13/h4,14H,3H2,1-2H3. The van der Waals surface area contributed by atoms with Gasteiger partial charge in [-0.05, 0) is 13.3 Å². The molecule has 86 valence electrons. The molecule has 0 aromatic rings. The van der Waals surface area contributed by atoms with Crippen molar-refractivity contribution in [1.29, 1.82) is 0 Å². The van der Waals surface area contributed by atoms with E-state index in [1.54, 1.807) is 0 Å². The van der Waals surface area contributed by atoms with Crippen LogP contribution < -0.4 is 0 Å². The van der Waals surface area contributed by atoms with Crippen LogP contribution in [0.1, 0.15) is 20.3 Å². The molecule has 0 radical (unpaired) electrons. The summed E-state index contributed by atoms with van der Waals surface area (Å²) >= 11 is 0. The molecule has 0 saturated heterocycles.